The molecule has 0 fully saturated rings. The summed E-state index contributed by atoms with van der Waals surface area (Å²) in [6.07, 6.45) is 135. The van der Waals surface area contributed by atoms with Crippen molar-refractivity contribution in [3.8, 4) is 0 Å². The van der Waals surface area contributed by atoms with Gasteiger partial charge in [0.05, 0.1) is 0 Å². The fourth-order valence-corrected chi connectivity index (χ4v) is 23.0. The number of hydrogen-bond acceptors (Lipinski definition) is 5. The maximum absolute atomic E-state index is 2.80. The molecule has 5 heteroatoms. The van der Waals surface area contributed by atoms with E-state index in [-0.39, 0.29) is 0 Å². The van der Waals surface area contributed by atoms with Crippen LogP contribution < -0.4 is 24.5 Å². The normalized spacial score (nSPS) is 11.6. The molecule has 5 nitrogen and oxygen atoms in total. The summed E-state index contributed by atoms with van der Waals surface area (Å²) in [6, 6.07) is 48.9. The van der Waals surface area contributed by atoms with Crippen LogP contribution >= 0.6 is 0 Å². The molecule has 0 bridgehead atoms. The Kier molecular flexibility index (Phi) is 88.9. The van der Waals surface area contributed by atoms with E-state index in [0.29, 0.717) is 0 Å². The van der Waals surface area contributed by atoms with E-state index in [0.717, 1.165) is 39.3 Å². The molecule has 0 heterocycles. The molecule has 0 aliphatic carbocycles. The van der Waals surface area contributed by atoms with Crippen LogP contribution in [0.4, 0.5) is 51.2 Å². The van der Waals surface area contributed by atoms with E-state index in [4.69, 9.17) is 0 Å². The molecule has 0 aliphatic heterocycles. The molecule has 0 atom stereocenters. The smallest absolute Gasteiger partial charge is 0.0463 e. The standard InChI is InChI=1S/C139H245N5/c1-8-14-20-26-32-38-44-50-56-62-68-74-80-86-92-98-124-140(125-99-93-87-81-75-69-63-57-51-45-39-33-27-21-15-9-2)131-108-114-135(115-109-131)143(134-106-104-130(7)105-107-134)138-120-122-139(123-121-138)144(136-116-110-132(111-117-136)141(126-100-94-88-82-76-70-64-58-52-46-40-34-28-22-16-10-3)127-101-95-89-83-77-71-65-59-53-47-41-35-29-23-17-11-4)137-118-112-133(113-119-137)142(128-102-96-90-84-78-72-66-60-54-48-42-36-30-24-18-12-5)129-103-97-91-85-79-73-67-61-55-49-43-37-31-25-19-13-6/h104-123H,8-103,124-129H2,1-7H3. The lowest BCUT2D eigenvalue weighted by atomic mass is 10.0. The number of aryl methyl sites for hydroxylation is 1. The summed E-state index contributed by atoms with van der Waals surface area (Å²) in [5.41, 5.74) is 12.8. The van der Waals surface area contributed by atoms with E-state index < -0.39 is 0 Å². The van der Waals surface area contributed by atoms with E-state index in [1.807, 2.05) is 0 Å². The molecular formula is C139H245N5. The first-order valence-electron chi connectivity index (χ1n) is 65.8. The Balaban J connectivity index is 1.41. The molecule has 0 amide bonds. The number of anilines is 9. The van der Waals surface area contributed by atoms with Gasteiger partial charge in [0.15, 0.2) is 0 Å². The zero-order valence-electron chi connectivity index (χ0n) is 97.9. The van der Waals surface area contributed by atoms with E-state index in [2.05, 4.69) is 194 Å². The monoisotopic (exact) mass is 1980 g/mol. The van der Waals surface area contributed by atoms with Crippen molar-refractivity contribution in [1.29, 1.82) is 0 Å². The highest BCUT2D eigenvalue weighted by Gasteiger charge is 2.21. The number of rotatable bonds is 111. The maximum Gasteiger partial charge on any atom is 0.0463 e. The molecule has 0 unspecified atom stereocenters. The quantitative estimate of drug-likeness (QED) is 0.0360. The summed E-state index contributed by atoms with van der Waals surface area (Å²) in [5, 5.41) is 0. The first-order chi connectivity index (χ1) is 71.4. The van der Waals surface area contributed by atoms with Gasteiger partial charge in [-0.3, -0.25) is 0 Å². The zero-order chi connectivity index (χ0) is 102. The second-order valence-corrected chi connectivity index (χ2v) is 46.4. The lowest BCUT2D eigenvalue weighted by molar-refractivity contribution is 0.524. The van der Waals surface area contributed by atoms with Crippen molar-refractivity contribution < 1.29 is 0 Å². The van der Waals surface area contributed by atoms with Crippen molar-refractivity contribution in [3.63, 3.8) is 0 Å². The van der Waals surface area contributed by atoms with Gasteiger partial charge in [-0.15, -0.1) is 0 Å². The van der Waals surface area contributed by atoms with Gasteiger partial charge in [-0.05, 0) is 155 Å². The summed E-state index contributed by atoms with van der Waals surface area (Å²) in [7, 11) is 0. The molecule has 826 valence electrons. The molecule has 0 aliphatic rings. The lowest BCUT2D eigenvalue weighted by Crippen LogP contribution is -2.26. The molecule has 0 aromatic heterocycles. The van der Waals surface area contributed by atoms with E-state index in [9.17, 15) is 0 Å². The minimum absolute atomic E-state index is 1.15. The van der Waals surface area contributed by atoms with Gasteiger partial charge in [-0.1, -0.05) is 637 Å². The van der Waals surface area contributed by atoms with Gasteiger partial charge in [0.25, 0.3) is 0 Å². The first kappa shape index (κ1) is 130. The molecule has 0 radical (unpaired) electrons. The fourth-order valence-electron chi connectivity index (χ4n) is 23.0. The van der Waals surface area contributed by atoms with Gasteiger partial charge in [-0.25, -0.2) is 0 Å². The predicted molar refractivity (Wildman–Crippen MR) is 654 cm³/mol. The number of nitrogens with zero attached hydrogens (tertiary/aromatic N) is 5. The molecule has 0 N–H and O–H groups in total. The van der Waals surface area contributed by atoms with Crippen molar-refractivity contribution in [2.45, 2.75) is 665 Å². The van der Waals surface area contributed by atoms with Gasteiger partial charge >= 0.3 is 0 Å². The van der Waals surface area contributed by atoms with E-state index >= 15 is 0 Å². The molecule has 0 spiro atoms. The second kappa shape index (κ2) is 98.8. The summed E-state index contributed by atoms with van der Waals surface area (Å²) >= 11 is 0. The summed E-state index contributed by atoms with van der Waals surface area (Å²) < 4.78 is 0. The number of hydrogen-bond donors (Lipinski definition) is 0. The van der Waals surface area contributed by atoms with Gasteiger partial charge in [-0.2, -0.15) is 0 Å². The highest BCUT2D eigenvalue weighted by Crippen LogP contribution is 2.42. The number of benzene rings is 5. The molecule has 5 aromatic rings. The topological polar surface area (TPSA) is 16.2 Å². The van der Waals surface area contributed by atoms with Crippen molar-refractivity contribution in [1.82, 2.24) is 0 Å². The molecule has 5 rings (SSSR count). The first-order valence-corrected chi connectivity index (χ1v) is 65.8. The van der Waals surface area contributed by atoms with E-state index in [1.165, 1.54) is 673 Å². The lowest BCUT2D eigenvalue weighted by Gasteiger charge is -2.30. The van der Waals surface area contributed by atoms with Crippen LogP contribution in [0.5, 0.6) is 0 Å². The van der Waals surface area contributed by atoms with Crippen LogP contribution in [0.3, 0.4) is 0 Å². The highest BCUT2D eigenvalue weighted by molar-refractivity contribution is 5.82. The van der Waals surface area contributed by atoms with Crippen molar-refractivity contribution in [2.75, 3.05) is 63.8 Å². The Morgan fingerprint density at radius 1 is 0.104 bits per heavy atom. The minimum Gasteiger partial charge on any atom is -0.372 e. The van der Waals surface area contributed by atoms with Crippen molar-refractivity contribution in [2.24, 2.45) is 0 Å². The van der Waals surface area contributed by atoms with Gasteiger partial charge in [0.1, 0.15) is 0 Å². The SMILES string of the molecule is CCCCCCCCCCCCCCCCCCN(CCCCCCCCCCCCCCCCCC)c1ccc(N(c2ccc(C)cc2)c2ccc(N(c3ccc(N(CCCCCCCCCCCCCCCCCC)CCCCCCCCCCCCCCCCCC)cc3)c3ccc(N(CCCCCCCCCCCCCCCCCC)CCCCCCCCCCCCCCCCCC)cc3)cc2)cc1. The average Bonchev–Trinajstić information content (AvgIpc) is 0.785. The molecule has 144 heavy (non-hydrogen) atoms. The van der Waals surface area contributed by atoms with Crippen LogP contribution in [0.2, 0.25) is 0 Å². The van der Waals surface area contributed by atoms with Gasteiger partial charge in [0, 0.05) is 90.5 Å². The third kappa shape index (κ3) is 71.0. The predicted octanol–water partition coefficient (Wildman–Crippen LogP) is 48.9. The Labute approximate surface area is 900 Å². The maximum atomic E-state index is 2.80. The molecule has 5 aromatic carbocycles. The van der Waals surface area contributed by atoms with Gasteiger partial charge < -0.3 is 24.5 Å². The average molecular weight is 1990 g/mol. The summed E-state index contributed by atoms with van der Waals surface area (Å²) in [4.78, 5) is 13.5. The van der Waals surface area contributed by atoms with Crippen LogP contribution in [-0.2, 0) is 0 Å². The zero-order valence-corrected chi connectivity index (χ0v) is 97.9. The second-order valence-electron chi connectivity index (χ2n) is 46.4. The summed E-state index contributed by atoms with van der Waals surface area (Å²) in [6.45, 7) is 23.1. The third-order valence-corrected chi connectivity index (χ3v) is 32.8. The van der Waals surface area contributed by atoms with E-state index in [1.54, 1.807) is 0 Å². The Bertz CT molecular complexity index is 3170. The van der Waals surface area contributed by atoms with Crippen LogP contribution in [0.1, 0.15) is 664 Å². The molecular weight excluding hydrogens is 1740 g/mol. The summed E-state index contributed by atoms with van der Waals surface area (Å²) in [5.74, 6) is 0. The largest absolute Gasteiger partial charge is 0.372 e. The van der Waals surface area contributed by atoms with Crippen molar-refractivity contribution in [3.05, 3.63) is 127 Å². The van der Waals surface area contributed by atoms with Crippen molar-refractivity contribution >= 4 is 51.2 Å². The van der Waals surface area contributed by atoms with Crippen LogP contribution in [0.15, 0.2) is 121 Å². The molecule has 0 saturated heterocycles. The van der Waals surface area contributed by atoms with Gasteiger partial charge in [0.2, 0.25) is 0 Å². The number of unbranched alkanes of at least 4 members (excludes halogenated alkanes) is 90. The Hall–Kier alpha value is -4.90. The van der Waals surface area contributed by atoms with Crippen LogP contribution in [0, 0.1) is 6.92 Å². The Morgan fingerprint density at radius 2 is 0.188 bits per heavy atom. The van der Waals surface area contributed by atoms with Crippen LogP contribution in [0.25, 0.3) is 0 Å². The highest BCUT2D eigenvalue weighted by atomic mass is 15.2. The van der Waals surface area contributed by atoms with Crippen LogP contribution in [-0.4, -0.2) is 39.3 Å². The minimum atomic E-state index is 1.15. The Morgan fingerprint density at radius 3 is 0.292 bits per heavy atom. The fraction of sp³-hybridized carbons (Fsp3) is 0.784. The third-order valence-electron chi connectivity index (χ3n) is 32.8. The molecule has 0 saturated carbocycles.